The molecule has 26 heavy (non-hydrogen) atoms. The molecule has 0 fully saturated rings. The number of oxime groups is 1. The first kappa shape index (κ1) is 19.2. The zero-order chi connectivity index (χ0) is 19.3. The Bertz CT molecular complexity index is 829. The summed E-state index contributed by atoms with van der Waals surface area (Å²) < 4.78 is 5.65. The molecule has 0 saturated heterocycles. The first-order chi connectivity index (χ1) is 12.2. The largest absolute Gasteiger partial charge is 0.489 e. The van der Waals surface area contributed by atoms with Gasteiger partial charge in [-0.2, -0.15) is 0 Å². The number of amides is 1. The van der Waals surface area contributed by atoms with Gasteiger partial charge in [-0.05, 0) is 38.1 Å². The molecule has 0 aliphatic carbocycles. The van der Waals surface area contributed by atoms with E-state index in [1.165, 1.54) is 11.3 Å². The van der Waals surface area contributed by atoms with Gasteiger partial charge in [-0.3, -0.25) is 10.2 Å². The van der Waals surface area contributed by atoms with Crippen molar-refractivity contribution in [2.75, 3.05) is 12.3 Å². The van der Waals surface area contributed by atoms with Gasteiger partial charge < -0.3 is 26.8 Å². The van der Waals surface area contributed by atoms with Gasteiger partial charge in [0.1, 0.15) is 23.9 Å². The lowest BCUT2D eigenvalue weighted by Gasteiger charge is -2.22. The molecule has 0 aliphatic heterocycles. The van der Waals surface area contributed by atoms with Crippen LogP contribution in [-0.4, -0.2) is 34.6 Å². The van der Waals surface area contributed by atoms with Crippen LogP contribution in [0.5, 0.6) is 5.75 Å². The zero-order valence-corrected chi connectivity index (χ0v) is 15.2. The first-order valence-electron chi connectivity index (χ1n) is 7.52. The standard InChI is InChI=1S/C16H20N6O3S/c1-16(2,8-24-10-5-3-9(4-6-10)13(17)18)25-22-12(14(19)23)11-7-26-15(20)21-11/h3-7H,8H2,1-2H3,(H3,17,18)(H2,19,23)(H2,20,21)/b22-12-. The maximum atomic E-state index is 11.6. The third-order valence-electron chi connectivity index (χ3n) is 3.13. The molecule has 7 N–H and O–H groups in total. The third kappa shape index (κ3) is 5.18. The Labute approximate surface area is 154 Å². The van der Waals surface area contributed by atoms with E-state index < -0.39 is 11.5 Å². The van der Waals surface area contributed by atoms with Crippen molar-refractivity contribution >= 4 is 33.9 Å². The molecule has 10 heteroatoms. The normalized spacial score (nSPS) is 11.8. The third-order valence-corrected chi connectivity index (χ3v) is 3.81. The predicted molar refractivity (Wildman–Crippen MR) is 100 cm³/mol. The SMILES string of the molecule is CC(C)(COc1ccc(C(=N)N)cc1)O/N=C(\C(N)=O)c1csc(N)n1. The lowest BCUT2D eigenvalue weighted by Crippen LogP contribution is -2.32. The van der Waals surface area contributed by atoms with E-state index >= 15 is 0 Å². The fourth-order valence-electron chi connectivity index (χ4n) is 1.80. The van der Waals surface area contributed by atoms with Gasteiger partial charge in [0.05, 0.1) is 0 Å². The molecule has 0 unspecified atom stereocenters. The number of ether oxygens (including phenoxy) is 1. The van der Waals surface area contributed by atoms with E-state index in [2.05, 4.69) is 10.1 Å². The Balaban J connectivity index is 2.02. The Morgan fingerprint density at radius 1 is 1.31 bits per heavy atom. The number of nitrogens with two attached hydrogens (primary N) is 3. The van der Waals surface area contributed by atoms with Crippen LogP contribution in [0.25, 0.3) is 0 Å². The smallest absolute Gasteiger partial charge is 0.273 e. The summed E-state index contributed by atoms with van der Waals surface area (Å²) in [6, 6.07) is 6.76. The summed E-state index contributed by atoms with van der Waals surface area (Å²) in [5, 5.41) is 13.1. The van der Waals surface area contributed by atoms with Crippen LogP contribution in [0.15, 0.2) is 34.8 Å². The van der Waals surface area contributed by atoms with Crippen molar-refractivity contribution in [1.82, 2.24) is 4.98 Å². The van der Waals surface area contributed by atoms with Crippen molar-refractivity contribution in [2.45, 2.75) is 19.4 Å². The zero-order valence-electron chi connectivity index (χ0n) is 14.4. The number of nitrogen functional groups attached to an aromatic ring is 2. The molecule has 1 aromatic carbocycles. The van der Waals surface area contributed by atoms with Gasteiger partial charge >= 0.3 is 0 Å². The number of hydrogen-bond donors (Lipinski definition) is 4. The van der Waals surface area contributed by atoms with Crippen molar-refractivity contribution < 1.29 is 14.4 Å². The number of primary amides is 1. The number of carbonyl (C=O) groups is 1. The van der Waals surface area contributed by atoms with E-state index in [0.29, 0.717) is 16.4 Å². The van der Waals surface area contributed by atoms with Gasteiger partial charge in [-0.1, -0.05) is 5.16 Å². The molecule has 0 aliphatic rings. The predicted octanol–water partition coefficient (Wildman–Crippen LogP) is 1.07. The van der Waals surface area contributed by atoms with Gasteiger partial charge in [0, 0.05) is 10.9 Å². The van der Waals surface area contributed by atoms with Crippen LogP contribution in [0, 0.1) is 5.41 Å². The van der Waals surface area contributed by atoms with Crippen molar-refractivity contribution in [2.24, 2.45) is 16.6 Å². The maximum Gasteiger partial charge on any atom is 0.273 e. The molecule has 0 atom stereocenters. The van der Waals surface area contributed by atoms with Crippen LogP contribution in [0.3, 0.4) is 0 Å². The molecule has 1 aromatic heterocycles. The fourth-order valence-corrected chi connectivity index (χ4v) is 2.35. The summed E-state index contributed by atoms with van der Waals surface area (Å²) in [6.45, 7) is 3.64. The lowest BCUT2D eigenvalue weighted by atomic mass is 10.1. The summed E-state index contributed by atoms with van der Waals surface area (Å²) in [5.41, 5.74) is 16.2. The molecule has 1 heterocycles. The number of nitrogens with one attached hydrogen (secondary N) is 1. The van der Waals surface area contributed by atoms with Crippen LogP contribution in [0.1, 0.15) is 25.1 Å². The number of nitrogens with zero attached hydrogens (tertiary/aromatic N) is 2. The van der Waals surface area contributed by atoms with Crippen LogP contribution >= 0.6 is 11.3 Å². The van der Waals surface area contributed by atoms with E-state index in [4.69, 9.17) is 32.2 Å². The molecule has 1 amide bonds. The highest BCUT2D eigenvalue weighted by Crippen LogP contribution is 2.18. The van der Waals surface area contributed by atoms with Crippen LogP contribution in [-0.2, 0) is 9.63 Å². The summed E-state index contributed by atoms with van der Waals surface area (Å²) in [6.07, 6.45) is 0. The van der Waals surface area contributed by atoms with Crippen LogP contribution in [0.2, 0.25) is 0 Å². The number of carbonyl (C=O) groups excluding carboxylic acids is 1. The van der Waals surface area contributed by atoms with Crippen molar-refractivity contribution in [3.8, 4) is 5.75 Å². The van der Waals surface area contributed by atoms with Crippen LogP contribution in [0.4, 0.5) is 5.13 Å². The van der Waals surface area contributed by atoms with Crippen LogP contribution < -0.4 is 21.9 Å². The van der Waals surface area contributed by atoms with Gasteiger partial charge in [-0.25, -0.2) is 4.98 Å². The minimum absolute atomic E-state index is 0.0174. The Morgan fingerprint density at radius 3 is 2.46 bits per heavy atom. The van der Waals surface area contributed by atoms with Gasteiger partial charge in [0.25, 0.3) is 5.91 Å². The molecular formula is C16H20N6O3S. The molecule has 9 nitrogen and oxygen atoms in total. The highest BCUT2D eigenvalue weighted by Gasteiger charge is 2.23. The highest BCUT2D eigenvalue weighted by molar-refractivity contribution is 7.13. The second-order valence-corrected chi connectivity index (χ2v) is 6.84. The van der Waals surface area contributed by atoms with E-state index in [1.807, 2.05) is 0 Å². The monoisotopic (exact) mass is 376 g/mol. The molecule has 2 rings (SSSR count). The van der Waals surface area contributed by atoms with E-state index in [9.17, 15) is 4.79 Å². The second kappa shape index (κ2) is 7.83. The maximum absolute atomic E-state index is 11.6. The first-order valence-corrected chi connectivity index (χ1v) is 8.40. The molecule has 0 spiro atoms. The highest BCUT2D eigenvalue weighted by atomic mass is 32.1. The summed E-state index contributed by atoms with van der Waals surface area (Å²) in [7, 11) is 0. The number of hydrogen-bond acceptors (Lipinski definition) is 8. The summed E-state index contributed by atoms with van der Waals surface area (Å²) in [4.78, 5) is 21.0. The summed E-state index contributed by atoms with van der Waals surface area (Å²) >= 11 is 1.17. The van der Waals surface area contributed by atoms with Crippen molar-refractivity contribution in [3.05, 3.63) is 40.9 Å². The van der Waals surface area contributed by atoms with Crippen molar-refractivity contribution in [3.63, 3.8) is 0 Å². The van der Waals surface area contributed by atoms with E-state index in [0.717, 1.165) is 0 Å². The number of thiazole rings is 1. The fraction of sp³-hybridized carbons (Fsp3) is 0.250. The average Bonchev–Trinajstić information content (AvgIpc) is 2.99. The topological polar surface area (TPSA) is 163 Å². The number of rotatable bonds is 8. The van der Waals surface area contributed by atoms with Crippen molar-refractivity contribution in [1.29, 1.82) is 5.41 Å². The minimum atomic E-state index is -0.846. The molecule has 0 radical (unpaired) electrons. The Kier molecular flexibility index (Phi) is 5.78. The molecule has 0 saturated carbocycles. The van der Waals surface area contributed by atoms with Gasteiger partial charge in [-0.15, -0.1) is 11.3 Å². The minimum Gasteiger partial charge on any atom is -0.489 e. The number of benzene rings is 1. The Morgan fingerprint density at radius 2 is 1.96 bits per heavy atom. The number of anilines is 1. The number of amidine groups is 1. The lowest BCUT2D eigenvalue weighted by molar-refractivity contribution is -0.112. The molecule has 0 bridgehead atoms. The quantitative estimate of drug-likeness (QED) is 0.306. The van der Waals surface area contributed by atoms with Gasteiger partial charge in [0.2, 0.25) is 0 Å². The average molecular weight is 376 g/mol. The Hall–Kier alpha value is -3.14. The van der Waals surface area contributed by atoms with Gasteiger partial charge in [0.15, 0.2) is 16.4 Å². The number of aromatic nitrogens is 1. The molecular weight excluding hydrogens is 356 g/mol. The second-order valence-electron chi connectivity index (χ2n) is 5.95. The van der Waals surface area contributed by atoms with E-state index in [1.54, 1.807) is 43.5 Å². The molecule has 138 valence electrons. The molecule has 2 aromatic rings. The van der Waals surface area contributed by atoms with E-state index in [-0.39, 0.29) is 23.8 Å². The summed E-state index contributed by atoms with van der Waals surface area (Å²) in [5.74, 6) is -0.207.